The highest BCUT2D eigenvalue weighted by Crippen LogP contribution is 2.38. The normalized spacial score (nSPS) is 29.5. The second-order valence-corrected chi connectivity index (χ2v) is 6.24. The monoisotopic (exact) mass is 258 g/mol. The van der Waals surface area contributed by atoms with Gasteiger partial charge in [-0.05, 0) is 57.2 Å². The quantitative estimate of drug-likeness (QED) is 0.892. The third kappa shape index (κ3) is 2.64. The van der Waals surface area contributed by atoms with Crippen molar-refractivity contribution in [1.29, 1.82) is 0 Å². The molecule has 1 aromatic carbocycles. The second-order valence-electron chi connectivity index (χ2n) is 6.24. The van der Waals surface area contributed by atoms with Gasteiger partial charge in [-0.25, -0.2) is 0 Å². The van der Waals surface area contributed by atoms with Gasteiger partial charge in [0.2, 0.25) is 0 Å². The maximum atomic E-state index is 3.76. The van der Waals surface area contributed by atoms with Crippen molar-refractivity contribution in [1.82, 2.24) is 5.32 Å². The lowest BCUT2D eigenvalue weighted by molar-refractivity contribution is 0.410. The molecule has 0 spiro atoms. The van der Waals surface area contributed by atoms with E-state index in [0.717, 1.165) is 18.4 Å². The molecule has 3 unspecified atom stereocenters. The Morgan fingerprint density at radius 2 is 2.00 bits per heavy atom. The van der Waals surface area contributed by atoms with Crippen LogP contribution in [-0.4, -0.2) is 25.7 Å². The first-order valence-corrected chi connectivity index (χ1v) is 7.83. The summed E-state index contributed by atoms with van der Waals surface area (Å²) in [5, 5.41) is 3.76. The third-order valence-electron chi connectivity index (χ3n) is 5.07. The van der Waals surface area contributed by atoms with Gasteiger partial charge < -0.3 is 10.2 Å². The van der Waals surface area contributed by atoms with Crippen molar-refractivity contribution in [2.24, 2.45) is 11.8 Å². The highest BCUT2D eigenvalue weighted by atomic mass is 15.2. The zero-order chi connectivity index (χ0) is 13.2. The topological polar surface area (TPSA) is 15.3 Å². The molecule has 2 nitrogen and oxygen atoms in total. The van der Waals surface area contributed by atoms with Gasteiger partial charge in [-0.2, -0.15) is 0 Å². The number of rotatable bonds is 4. The van der Waals surface area contributed by atoms with Crippen LogP contribution in [0.3, 0.4) is 0 Å². The average molecular weight is 258 g/mol. The van der Waals surface area contributed by atoms with Crippen molar-refractivity contribution in [3.63, 3.8) is 0 Å². The van der Waals surface area contributed by atoms with E-state index in [1.807, 2.05) is 0 Å². The predicted molar refractivity (Wildman–Crippen MR) is 81.7 cm³/mol. The van der Waals surface area contributed by atoms with Gasteiger partial charge in [-0.1, -0.05) is 24.1 Å². The van der Waals surface area contributed by atoms with Crippen LogP contribution < -0.4 is 10.2 Å². The van der Waals surface area contributed by atoms with Crippen LogP contribution in [0.4, 0.5) is 5.69 Å². The van der Waals surface area contributed by atoms with Gasteiger partial charge >= 0.3 is 0 Å². The van der Waals surface area contributed by atoms with Crippen LogP contribution in [0.5, 0.6) is 0 Å². The first-order chi connectivity index (χ1) is 9.28. The molecule has 0 aromatic heterocycles. The van der Waals surface area contributed by atoms with E-state index in [1.165, 1.54) is 43.6 Å². The minimum absolute atomic E-state index is 0.703. The van der Waals surface area contributed by atoms with E-state index in [2.05, 4.69) is 48.3 Å². The van der Waals surface area contributed by atoms with Crippen LogP contribution in [0.15, 0.2) is 24.3 Å². The van der Waals surface area contributed by atoms with E-state index < -0.39 is 0 Å². The van der Waals surface area contributed by atoms with Crippen LogP contribution in [0.25, 0.3) is 0 Å². The Labute approximate surface area is 117 Å². The molecule has 2 fully saturated rings. The zero-order valence-electron chi connectivity index (χ0n) is 12.2. The summed E-state index contributed by atoms with van der Waals surface area (Å²) < 4.78 is 0. The van der Waals surface area contributed by atoms with Gasteiger partial charge in [-0.3, -0.25) is 0 Å². The van der Waals surface area contributed by atoms with E-state index in [1.54, 1.807) is 0 Å². The summed E-state index contributed by atoms with van der Waals surface area (Å²) in [7, 11) is 0. The molecule has 1 heterocycles. The van der Waals surface area contributed by atoms with Gasteiger partial charge in [0.1, 0.15) is 0 Å². The number of hydrogen-bond acceptors (Lipinski definition) is 2. The smallest absolute Gasteiger partial charge is 0.0366 e. The van der Waals surface area contributed by atoms with Crippen LogP contribution in [0.1, 0.15) is 31.7 Å². The number of nitrogens with zero attached hydrogens (tertiary/aromatic N) is 1. The third-order valence-corrected chi connectivity index (χ3v) is 5.07. The Morgan fingerprint density at radius 3 is 2.74 bits per heavy atom. The summed E-state index contributed by atoms with van der Waals surface area (Å²) in [6, 6.07) is 9.67. The summed E-state index contributed by atoms with van der Waals surface area (Å²) >= 11 is 0. The molecule has 1 aromatic rings. The molecule has 2 aliphatic rings. The summed E-state index contributed by atoms with van der Waals surface area (Å²) in [5.74, 6) is 1.89. The van der Waals surface area contributed by atoms with Crippen molar-refractivity contribution < 1.29 is 0 Å². The Kier molecular flexibility index (Phi) is 3.79. The molecular weight excluding hydrogens is 232 g/mol. The maximum Gasteiger partial charge on any atom is 0.0366 e. The molecule has 1 N–H and O–H groups in total. The molecular formula is C17H26N2. The van der Waals surface area contributed by atoms with E-state index in [0.29, 0.717) is 6.04 Å². The maximum absolute atomic E-state index is 3.76. The number of nitrogens with one attached hydrogen (secondary N) is 1. The summed E-state index contributed by atoms with van der Waals surface area (Å²) in [5.41, 5.74) is 2.71. The fraction of sp³-hybridized carbons (Fsp3) is 0.647. The number of anilines is 1. The first-order valence-electron chi connectivity index (χ1n) is 7.83. The number of hydrogen-bond donors (Lipinski definition) is 1. The second kappa shape index (κ2) is 5.54. The minimum Gasteiger partial charge on any atom is -0.370 e. The van der Waals surface area contributed by atoms with Gasteiger partial charge in [0.05, 0.1) is 0 Å². The van der Waals surface area contributed by atoms with Crippen LogP contribution in [-0.2, 0) is 0 Å². The molecule has 19 heavy (non-hydrogen) atoms. The van der Waals surface area contributed by atoms with Crippen molar-refractivity contribution in [2.45, 2.75) is 39.2 Å². The Morgan fingerprint density at radius 1 is 1.21 bits per heavy atom. The van der Waals surface area contributed by atoms with Crippen molar-refractivity contribution in [3.05, 3.63) is 29.8 Å². The highest BCUT2D eigenvalue weighted by molar-refractivity contribution is 5.47. The Bertz CT molecular complexity index is 412. The Balaban J connectivity index is 1.68. The lowest BCUT2D eigenvalue weighted by Gasteiger charge is -2.29. The highest BCUT2D eigenvalue weighted by Gasteiger charge is 2.39. The molecule has 3 atom stereocenters. The van der Waals surface area contributed by atoms with Gasteiger partial charge in [0.25, 0.3) is 0 Å². The lowest BCUT2D eigenvalue weighted by atomic mass is 9.93. The summed E-state index contributed by atoms with van der Waals surface area (Å²) in [4.78, 5) is 2.53. The van der Waals surface area contributed by atoms with Crippen molar-refractivity contribution >= 4 is 5.69 Å². The fourth-order valence-electron chi connectivity index (χ4n) is 3.91. The fourth-order valence-corrected chi connectivity index (χ4v) is 3.91. The standard InChI is InChI=1S/C17H26N2/c1-3-19(15-9-7-13(2)8-10-15)12-17-16-6-4-5-14(16)11-18-17/h7-10,14,16-18H,3-6,11-12H2,1-2H3. The zero-order valence-corrected chi connectivity index (χ0v) is 12.2. The molecule has 2 heteroatoms. The number of fused-ring (bicyclic) bond motifs is 1. The van der Waals surface area contributed by atoms with E-state index >= 15 is 0 Å². The molecule has 0 bridgehead atoms. The minimum atomic E-state index is 0.703. The number of likely N-dealkylation sites (N-methyl/N-ethyl adjacent to an activating group) is 1. The lowest BCUT2D eigenvalue weighted by Crippen LogP contribution is -2.40. The van der Waals surface area contributed by atoms with Gasteiger partial charge in [-0.15, -0.1) is 0 Å². The van der Waals surface area contributed by atoms with Crippen LogP contribution in [0, 0.1) is 18.8 Å². The molecule has 1 saturated carbocycles. The van der Waals surface area contributed by atoms with E-state index in [-0.39, 0.29) is 0 Å². The molecule has 3 rings (SSSR count). The van der Waals surface area contributed by atoms with Crippen molar-refractivity contribution in [3.8, 4) is 0 Å². The number of benzene rings is 1. The molecule has 1 saturated heterocycles. The number of aryl methyl sites for hydroxylation is 1. The van der Waals surface area contributed by atoms with Gasteiger partial charge in [0.15, 0.2) is 0 Å². The molecule has 0 radical (unpaired) electrons. The Hall–Kier alpha value is -1.02. The van der Waals surface area contributed by atoms with Crippen LogP contribution >= 0.6 is 0 Å². The SMILES string of the molecule is CCN(CC1NCC2CCCC21)c1ccc(C)cc1. The van der Waals surface area contributed by atoms with Crippen LogP contribution in [0.2, 0.25) is 0 Å². The van der Waals surface area contributed by atoms with E-state index in [9.17, 15) is 0 Å². The molecule has 104 valence electrons. The molecule has 1 aliphatic heterocycles. The summed E-state index contributed by atoms with van der Waals surface area (Å²) in [6.45, 7) is 7.93. The first kappa shape index (κ1) is 13.0. The summed E-state index contributed by atoms with van der Waals surface area (Å²) in [6.07, 6.45) is 4.34. The molecule has 0 amide bonds. The predicted octanol–water partition coefficient (Wildman–Crippen LogP) is 3.21. The average Bonchev–Trinajstić information content (AvgIpc) is 3.01. The van der Waals surface area contributed by atoms with Gasteiger partial charge in [0, 0.05) is 24.8 Å². The van der Waals surface area contributed by atoms with E-state index in [4.69, 9.17) is 0 Å². The van der Waals surface area contributed by atoms with Crippen molar-refractivity contribution in [2.75, 3.05) is 24.5 Å². The largest absolute Gasteiger partial charge is 0.370 e. The molecule has 1 aliphatic carbocycles.